The maximum absolute atomic E-state index is 9.82. The van der Waals surface area contributed by atoms with E-state index in [4.69, 9.17) is 16.3 Å². The van der Waals surface area contributed by atoms with Gasteiger partial charge in [-0.3, -0.25) is 0 Å². The minimum Gasteiger partial charge on any atom is -0.396 e. The fourth-order valence-corrected chi connectivity index (χ4v) is 3.24. The smallest absolute Gasteiger partial charge is 0.144 e. The largest absolute Gasteiger partial charge is 0.396 e. The molecule has 2 saturated heterocycles. The van der Waals surface area contributed by atoms with Crippen molar-refractivity contribution in [1.82, 2.24) is 4.98 Å². The summed E-state index contributed by atoms with van der Waals surface area (Å²) in [5, 5.41) is 19.8. The molecule has 0 spiro atoms. The Morgan fingerprint density at radius 2 is 2.21 bits per heavy atom. The van der Waals surface area contributed by atoms with Gasteiger partial charge >= 0.3 is 0 Å². The van der Waals surface area contributed by atoms with E-state index in [2.05, 4.69) is 28.6 Å². The van der Waals surface area contributed by atoms with Crippen molar-refractivity contribution in [3.63, 3.8) is 0 Å². The number of nitrogens with zero attached hydrogens (tertiary/aromatic N) is 2. The van der Waals surface area contributed by atoms with E-state index in [9.17, 15) is 10.2 Å². The molecule has 1 aromatic heterocycles. The van der Waals surface area contributed by atoms with E-state index in [-0.39, 0.29) is 12.0 Å². The van der Waals surface area contributed by atoms with Gasteiger partial charge in [-0.25, -0.2) is 4.98 Å². The maximum Gasteiger partial charge on any atom is 0.144 e. The van der Waals surface area contributed by atoms with E-state index in [1.807, 2.05) is 6.07 Å². The number of aliphatic hydroxyl groups is 2. The van der Waals surface area contributed by atoms with Crippen LogP contribution in [-0.4, -0.2) is 53.7 Å². The highest BCUT2D eigenvalue weighted by Crippen LogP contribution is 2.34. The first-order chi connectivity index (χ1) is 11.5. The van der Waals surface area contributed by atoms with Crippen LogP contribution >= 0.6 is 11.6 Å². The molecule has 0 amide bonds. The fourth-order valence-electron chi connectivity index (χ4n) is 3.09. The number of ether oxygens (including phenoxy) is 1. The van der Waals surface area contributed by atoms with Crippen molar-refractivity contribution >= 4 is 17.3 Å². The lowest BCUT2D eigenvalue weighted by molar-refractivity contribution is 0.0811. The molecule has 24 heavy (non-hydrogen) atoms. The van der Waals surface area contributed by atoms with Crippen LogP contribution in [-0.2, 0) is 4.74 Å². The summed E-state index contributed by atoms with van der Waals surface area (Å²) in [6.45, 7) is 4.55. The van der Waals surface area contributed by atoms with Gasteiger partial charge in [0.25, 0.3) is 0 Å². The molecule has 6 heteroatoms. The monoisotopic (exact) mass is 350 g/mol. The van der Waals surface area contributed by atoms with Crippen molar-refractivity contribution in [2.24, 2.45) is 5.41 Å². The Balaban J connectivity index is 1.81. The maximum atomic E-state index is 9.82. The Bertz CT molecular complexity index is 647. The lowest BCUT2D eigenvalue weighted by Gasteiger charge is -2.39. The highest BCUT2D eigenvalue weighted by atomic mass is 35.5. The number of rotatable bonds is 2. The molecule has 0 aliphatic carbocycles. The molecule has 130 valence electrons. The second-order valence-corrected chi connectivity index (χ2v) is 7.28. The molecule has 2 atom stereocenters. The zero-order valence-electron chi connectivity index (χ0n) is 13.8. The molecule has 0 saturated carbocycles. The van der Waals surface area contributed by atoms with Gasteiger partial charge in [-0.15, -0.1) is 0 Å². The SMILES string of the molecule is CC1(CO)CCN(c2cc(Cl)ncc2C#CC2OCCC2O)CC1. The third-order valence-electron chi connectivity index (χ3n) is 4.95. The second kappa shape index (κ2) is 7.28. The van der Waals surface area contributed by atoms with Gasteiger partial charge in [0.15, 0.2) is 0 Å². The number of hydrogen-bond acceptors (Lipinski definition) is 5. The average molecular weight is 351 g/mol. The summed E-state index contributed by atoms with van der Waals surface area (Å²) in [7, 11) is 0. The Labute approximate surface area is 147 Å². The van der Waals surface area contributed by atoms with Gasteiger partial charge in [-0.05, 0) is 18.3 Å². The first-order valence-electron chi connectivity index (χ1n) is 8.33. The summed E-state index contributed by atoms with van der Waals surface area (Å²) in [5.74, 6) is 6.10. The van der Waals surface area contributed by atoms with E-state index >= 15 is 0 Å². The molecule has 5 nitrogen and oxygen atoms in total. The van der Waals surface area contributed by atoms with Gasteiger partial charge in [0.1, 0.15) is 11.3 Å². The van der Waals surface area contributed by atoms with Crippen LogP contribution in [0.3, 0.4) is 0 Å². The van der Waals surface area contributed by atoms with Gasteiger partial charge in [-0.1, -0.05) is 30.4 Å². The number of piperidine rings is 1. The molecular formula is C18H23ClN2O3. The third kappa shape index (κ3) is 3.84. The lowest BCUT2D eigenvalue weighted by atomic mass is 9.81. The van der Waals surface area contributed by atoms with Gasteiger partial charge in [0.05, 0.1) is 24.0 Å². The zero-order valence-corrected chi connectivity index (χ0v) is 14.6. The van der Waals surface area contributed by atoms with E-state index in [0.717, 1.165) is 37.2 Å². The molecular weight excluding hydrogens is 328 g/mol. The fraction of sp³-hybridized carbons (Fsp3) is 0.611. The zero-order chi connectivity index (χ0) is 17.2. The lowest BCUT2D eigenvalue weighted by Crippen LogP contribution is -2.40. The summed E-state index contributed by atoms with van der Waals surface area (Å²) in [4.78, 5) is 6.37. The van der Waals surface area contributed by atoms with E-state index in [0.29, 0.717) is 18.2 Å². The van der Waals surface area contributed by atoms with Gasteiger partial charge < -0.3 is 19.8 Å². The van der Waals surface area contributed by atoms with E-state index < -0.39 is 12.2 Å². The van der Waals surface area contributed by atoms with Gasteiger partial charge in [0.2, 0.25) is 0 Å². The van der Waals surface area contributed by atoms with E-state index in [1.165, 1.54) is 0 Å². The summed E-state index contributed by atoms with van der Waals surface area (Å²) >= 11 is 6.08. The number of pyridine rings is 1. The normalized spacial score (nSPS) is 26.1. The number of halogens is 1. The van der Waals surface area contributed by atoms with Crippen molar-refractivity contribution in [2.75, 3.05) is 31.2 Å². The van der Waals surface area contributed by atoms with Crippen LogP contribution in [0, 0.1) is 17.3 Å². The molecule has 2 unspecified atom stereocenters. The molecule has 2 fully saturated rings. The number of aromatic nitrogens is 1. The standard InChI is InChI=1S/C18H23ClN2O3/c1-18(12-22)5-7-21(8-6-18)14-10-17(19)20-11-13(14)2-3-16-15(23)4-9-24-16/h10-11,15-16,22-23H,4-9,12H2,1H3. The topological polar surface area (TPSA) is 65.8 Å². The number of hydrogen-bond donors (Lipinski definition) is 2. The van der Waals surface area contributed by atoms with Crippen LogP contribution in [0.25, 0.3) is 0 Å². The number of anilines is 1. The highest BCUT2D eigenvalue weighted by molar-refractivity contribution is 6.29. The molecule has 0 radical (unpaired) electrons. The minimum absolute atomic E-state index is 0.0129. The van der Waals surface area contributed by atoms with Crippen LogP contribution in [0.4, 0.5) is 5.69 Å². The Morgan fingerprint density at radius 1 is 1.46 bits per heavy atom. The average Bonchev–Trinajstić information content (AvgIpc) is 2.99. The number of aliphatic hydroxyl groups excluding tert-OH is 2. The summed E-state index contributed by atoms with van der Waals surface area (Å²) in [5.41, 5.74) is 1.73. The summed E-state index contributed by atoms with van der Waals surface area (Å²) in [6.07, 6.45) is 3.17. The van der Waals surface area contributed by atoms with Crippen LogP contribution in [0.5, 0.6) is 0 Å². The Hall–Kier alpha value is -1.32. The van der Waals surface area contributed by atoms with Crippen molar-refractivity contribution < 1.29 is 14.9 Å². The predicted octanol–water partition coefficient (Wildman–Crippen LogP) is 1.84. The van der Waals surface area contributed by atoms with Crippen LogP contribution in [0.15, 0.2) is 12.3 Å². The Kier molecular flexibility index (Phi) is 5.31. The molecule has 2 aliphatic heterocycles. The molecule has 2 N–H and O–H groups in total. The van der Waals surface area contributed by atoms with Gasteiger partial charge in [-0.2, -0.15) is 0 Å². The highest BCUT2D eigenvalue weighted by Gasteiger charge is 2.30. The Morgan fingerprint density at radius 3 is 2.83 bits per heavy atom. The van der Waals surface area contributed by atoms with Crippen LogP contribution in [0.2, 0.25) is 5.15 Å². The van der Waals surface area contributed by atoms with Crippen molar-refractivity contribution in [3.05, 3.63) is 23.0 Å². The molecule has 0 bridgehead atoms. The first-order valence-corrected chi connectivity index (χ1v) is 8.71. The van der Waals surface area contributed by atoms with E-state index in [1.54, 1.807) is 6.20 Å². The molecule has 3 heterocycles. The van der Waals surface area contributed by atoms with Crippen LogP contribution < -0.4 is 4.90 Å². The molecule has 3 rings (SSSR count). The third-order valence-corrected chi connectivity index (χ3v) is 5.16. The van der Waals surface area contributed by atoms with Crippen molar-refractivity contribution in [3.8, 4) is 11.8 Å². The summed E-state index contributed by atoms with van der Waals surface area (Å²) in [6, 6.07) is 1.83. The molecule has 2 aliphatic rings. The minimum atomic E-state index is -0.526. The second-order valence-electron chi connectivity index (χ2n) is 6.90. The molecule has 1 aromatic rings. The molecule has 0 aromatic carbocycles. The van der Waals surface area contributed by atoms with Crippen LogP contribution in [0.1, 0.15) is 31.7 Å². The van der Waals surface area contributed by atoms with Crippen molar-refractivity contribution in [1.29, 1.82) is 0 Å². The first kappa shape index (κ1) is 17.5. The quantitative estimate of drug-likeness (QED) is 0.629. The predicted molar refractivity (Wildman–Crippen MR) is 93.1 cm³/mol. The van der Waals surface area contributed by atoms with Gasteiger partial charge in [0, 0.05) is 38.4 Å². The van der Waals surface area contributed by atoms with Crippen molar-refractivity contribution in [2.45, 2.75) is 38.4 Å². The summed E-state index contributed by atoms with van der Waals surface area (Å²) < 4.78 is 5.43.